The van der Waals surface area contributed by atoms with Crippen LogP contribution >= 0.6 is 11.3 Å². The zero-order valence-electron chi connectivity index (χ0n) is 9.91. The predicted octanol–water partition coefficient (Wildman–Crippen LogP) is 3.43. The van der Waals surface area contributed by atoms with Gasteiger partial charge in [0.15, 0.2) is 0 Å². The molecule has 1 atom stereocenters. The lowest BCUT2D eigenvalue weighted by molar-refractivity contribution is 0.211. The first-order valence-electron chi connectivity index (χ1n) is 5.29. The maximum Gasteiger partial charge on any atom is 0.136 e. The van der Waals surface area contributed by atoms with E-state index in [4.69, 9.17) is 4.74 Å². The van der Waals surface area contributed by atoms with Crippen LogP contribution in [0.2, 0.25) is 0 Å². The maximum atomic E-state index is 13.8. The summed E-state index contributed by atoms with van der Waals surface area (Å²) in [5.41, 5.74) is 0.822. The van der Waals surface area contributed by atoms with Crippen LogP contribution in [0.1, 0.15) is 22.1 Å². The van der Waals surface area contributed by atoms with Crippen LogP contribution < -0.4 is 4.74 Å². The minimum atomic E-state index is -1.15. The molecule has 0 saturated heterocycles. The molecular formula is C13H12F2O2S. The lowest BCUT2D eigenvalue weighted by Crippen LogP contribution is -2.05. The number of thiophene rings is 1. The van der Waals surface area contributed by atoms with E-state index in [2.05, 4.69) is 0 Å². The Kier molecular flexibility index (Phi) is 3.63. The normalized spacial score (nSPS) is 12.5. The molecule has 0 aliphatic rings. The van der Waals surface area contributed by atoms with Gasteiger partial charge in [-0.05, 0) is 23.9 Å². The molecule has 2 rings (SSSR count). The van der Waals surface area contributed by atoms with Crippen LogP contribution in [0.5, 0.6) is 5.75 Å². The standard InChI is InChI=1S/C13H12F2O2S/c1-7-3-4-18-13(7)12(16)11-9(15)5-8(14)6-10(11)17-2/h3-6,12,16H,1-2H3. The van der Waals surface area contributed by atoms with Gasteiger partial charge >= 0.3 is 0 Å². The molecule has 0 spiro atoms. The van der Waals surface area contributed by atoms with Crippen molar-refractivity contribution in [1.29, 1.82) is 0 Å². The highest BCUT2D eigenvalue weighted by atomic mass is 32.1. The first kappa shape index (κ1) is 13.0. The number of hydrogen-bond donors (Lipinski definition) is 1. The third-order valence-corrected chi connectivity index (χ3v) is 3.77. The number of halogens is 2. The van der Waals surface area contributed by atoms with Crippen molar-refractivity contribution >= 4 is 11.3 Å². The van der Waals surface area contributed by atoms with Crippen molar-refractivity contribution in [2.45, 2.75) is 13.0 Å². The summed E-state index contributed by atoms with van der Waals surface area (Å²) in [4.78, 5) is 0.624. The summed E-state index contributed by atoms with van der Waals surface area (Å²) in [6.07, 6.45) is -1.15. The van der Waals surface area contributed by atoms with Gasteiger partial charge in [-0.1, -0.05) is 0 Å². The summed E-state index contributed by atoms with van der Waals surface area (Å²) in [6.45, 7) is 1.82. The Morgan fingerprint density at radius 2 is 2.06 bits per heavy atom. The monoisotopic (exact) mass is 270 g/mol. The second-order valence-electron chi connectivity index (χ2n) is 3.87. The quantitative estimate of drug-likeness (QED) is 0.926. The molecule has 96 valence electrons. The molecule has 0 aliphatic heterocycles. The van der Waals surface area contributed by atoms with E-state index >= 15 is 0 Å². The first-order valence-corrected chi connectivity index (χ1v) is 6.17. The molecular weight excluding hydrogens is 258 g/mol. The van der Waals surface area contributed by atoms with Gasteiger partial charge in [-0.25, -0.2) is 8.78 Å². The smallest absolute Gasteiger partial charge is 0.136 e. The Morgan fingerprint density at radius 3 is 2.61 bits per heavy atom. The summed E-state index contributed by atoms with van der Waals surface area (Å²) in [5, 5.41) is 12.0. The fourth-order valence-corrected chi connectivity index (χ4v) is 2.71. The summed E-state index contributed by atoms with van der Waals surface area (Å²) in [6, 6.07) is 3.63. The van der Waals surface area contributed by atoms with Crippen LogP contribution in [0, 0.1) is 18.6 Å². The Morgan fingerprint density at radius 1 is 1.33 bits per heavy atom. The molecule has 1 N–H and O–H groups in total. The molecule has 0 amide bonds. The number of benzene rings is 1. The Bertz CT molecular complexity index is 566. The fourth-order valence-electron chi connectivity index (χ4n) is 1.79. The van der Waals surface area contributed by atoms with E-state index in [0.29, 0.717) is 4.88 Å². The van der Waals surface area contributed by atoms with E-state index in [1.165, 1.54) is 18.4 Å². The van der Waals surface area contributed by atoms with Crippen molar-refractivity contribution in [3.63, 3.8) is 0 Å². The van der Waals surface area contributed by atoms with E-state index in [1.54, 1.807) is 0 Å². The summed E-state index contributed by atoms with van der Waals surface area (Å²) < 4.78 is 31.8. The van der Waals surface area contributed by atoms with Crippen molar-refractivity contribution in [2.75, 3.05) is 7.11 Å². The van der Waals surface area contributed by atoms with Crippen molar-refractivity contribution in [2.24, 2.45) is 0 Å². The fraction of sp³-hybridized carbons (Fsp3) is 0.231. The third-order valence-electron chi connectivity index (χ3n) is 2.70. The lowest BCUT2D eigenvalue weighted by Gasteiger charge is -2.15. The number of aliphatic hydroxyl groups is 1. The minimum Gasteiger partial charge on any atom is -0.496 e. The SMILES string of the molecule is COc1cc(F)cc(F)c1C(O)c1sccc1C. The Hall–Kier alpha value is -1.46. The molecule has 0 bridgehead atoms. The van der Waals surface area contributed by atoms with E-state index in [0.717, 1.165) is 17.7 Å². The van der Waals surface area contributed by atoms with Crippen molar-refractivity contribution in [1.82, 2.24) is 0 Å². The number of methoxy groups -OCH3 is 1. The van der Waals surface area contributed by atoms with Gasteiger partial charge < -0.3 is 9.84 Å². The number of hydrogen-bond acceptors (Lipinski definition) is 3. The molecule has 0 radical (unpaired) electrons. The largest absolute Gasteiger partial charge is 0.496 e. The average Bonchev–Trinajstić information content (AvgIpc) is 2.73. The van der Waals surface area contributed by atoms with Crippen LogP contribution in [0.15, 0.2) is 23.6 Å². The summed E-state index contributed by atoms with van der Waals surface area (Å²) in [7, 11) is 1.31. The zero-order valence-corrected chi connectivity index (χ0v) is 10.7. The number of ether oxygens (including phenoxy) is 1. The zero-order chi connectivity index (χ0) is 13.3. The van der Waals surface area contributed by atoms with Crippen LogP contribution in [0.3, 0.4) is 0 Å². The summed E-state index contributed by atoms with van der Waals surface area (Å²) in [5.74, 6) is -1.54. The highest BCUT2D eigenvalue weighted by Gasteiger charge is 2.23. The van der Waals surface area contributed by atoms with Crippen LogP contribution in [-0.2, 0) is 0 Å². The van der Waals surface area contributed by atoms with Crippen LogP contribution in [0.4, 0.5) is 8.78 Å². The van der Waals surface area contributed by atoms with Crippen molar-refractivity contribution in [3.05, 3.63) is 51.2 Å². The molecule has 1 unspecified atom stereocenters. The molecule has 2 aromatic rings. The molecule has 5 heteroatoms. The Balaban J connectivity index is 2.54. The van der Waals surface area contributed by atoms with E-state index in [1.807, 2.05) is 18.4 Å². The van der Waals surface area contributed by atoms with Gasteiger partial charge in [0.05, 0.1) is 12.7 Å². The average molecular weight is 270 g/mol. The van der Waals surface area contributed by atoms with Gasteiger partial charge in [0, 0.05) is 17.0 Å². The van der Waals surface area contributed by atoms with Crippen molar-refractivity contribution < 1.29 is 18.6 Å². The molecule has 0 aliphatic carbocycles. The predicted molar refractivity (Wildman–Crippen MR) is 66.0 cm³/mol. The minimum absolute atomic E-state index is 0.00722. The van der Waals surface area contributed by atoms with Gasteiger partial charge in [0.1, 0.15) is 23.5 Å². The second-order valence-corrected chi connectivity index (χ2v) is 4.82. The van der Waals surface area contributed by atoms with E-state index < -0.39 is 17.7 Å². The molecule has 1 aromatic carbocycles. The number of aryl methyl sites for hydroxylation is 1. The second kappa shape index (κ2) is 5.04. The lowest BCUT2D eigenvalue weighted by atomic mass is 10.0. The molecule has 18 heavy (non-hydrogen) atoms. The Labute approximate surface area is 107 Å². The van der Waals surface area contributed by atoms with E-state index in [-0.39, 0.29) is 11.3 Å². The van der Waals surface area contributed by atoms with Gasteiger partial charge in [0.25, 0.3) is 0 Å². The molecule has 2 nitrogen and oxygen atoms in total. The molecule has 1 heterocycles. The summed E-state index contributed by atoms with van der Waals surface area (Å²) >= 11 is 1.32. The van der Waals surface area contributed by atoms with Crippen LogP contribution in [-0.4, -0.2) is 12.2 Å². The first-order chi connectivity index (χ1) is 8.54. The molecule has 1 aromatic heterocycles. The number of aliphatic hydroxyl groups excluding tert-OH is 1. The molecule has 0 saturated carbocycles. The topological polar surface area (TPSA) is 29.5 Å². The third kappa shape index (κ3) is 2.23. The number of rotatable bonds is 3. The molecule has 0 fully saturated rings. The highest BCUT2D eigenvalue weighted by molar-refractivity contribution is 7.10. The van der Waals surface area contributed by atoms with Gasteiger partial charge in [-0.2, -0.15) is 0 Å². The van der Waals surface area contributed by atoms with Crippen LogP contribution in [0.25, 0.3) is 0 Å². The van der Waals surface area contributed by atoms with Gasteiger partial charge in [-0.15, -0.1) is 11.3 Å². The van der Waals surface area contributed by atoms with Gasteiger partial charge in [0.2, 0.25) is 0 Å². The van der Waals surface area contributed by atoms with Crippen molar-refractivity contribution in [3.8, 4) is 5.75 Å². The van der Waals surface area contributed by atoms with Gasteiger partial charge in [-0.3, -0.25) is 0 Å². The van der Waals surface area contributed by atoms with E-state index in [9.17, 15) is 13.9 Å². The maximum absolute atomic E-state index is 13.8. The highest BCUT2D eigenvalue weighted by Crippen LogP contribution is 2.36.